The van der Waals surface area contributed by atoms with Crippen LogP contribution in [0.25, 0.3) is 0 Å². The molecule has 0 saturated carbocycles. The number of likely N-dealkylation sites (tertiary alicyclic amines) is 1. The summed E-state index contributed by atoms with van der Waals surface area (Å²) in [5.74, 6) is 0.459. The second-order valence-corrected chi connectivity index (χ2v) is 7.73. The number of benzene rings is 1. The van der Waals surface area contributed by atoms with Crippen molar-refractivity contribution in [1.82, 2.24) is 19.8 Å². The zero-order chi connectivity index (χ0) is 18.2. The second kappa shape index (κ2) is 9.78. The van der Waals surface area contributed by atoms with Crippen molar-refractivity contribution in [3.63, 3.8) is 0 Å². The molecule has 140 valence electrons. The third kappa shape index (κ3) is 5.35. The minimum atomic E-state index is 0.0637. The lowest BCUT2D eigenvalue weighted by atomic mass is 10.0. The number of thioether (sulfide) groups is 1. The Labute approximate surface area is 160 Å². The molecule has 1 amide bonds. The fourth-order valence-electron chi connectivity index (χ4n) is 3.42. The molecule has 1 saturated heterocycles. The van der Waals surface area contributed by atoms with Gasteiger partial charge < -0.3 is 9.88 Å². The van der Waals surface area contributed by atoms with Crippen molar-refractivity contribution in [1.29, 1.82) is 0 Å². The van der Waals surface area contributed by atoms with Gasteiger partial charge in [0.25, 0.3) is 0 Å². The molecule has 3 rings (SSSR count). The van der Waals surface area contributed by atoms with Gasteiger partial charge in [-0.25, -0.2) is 4.98 Å². The van der Waals surface area contributed by atoms with E-state index in [0.29, 0.717) is 12.3 Å². The molecule has 0 bridgehead atoms. The Balaban J connectivity index is 1.58. The lowest BCUT2D eigenvalue weighted by Gasteiger charge is -2.31. The molecule has 1 atom stereocenters. The Morgan fingerprint density at radius 2 is 1.92 bits per heavy atom. The Morgan fingerprint density at radius 1 is 1.19 bits per heavy atom. The molecule has 0 aliphatic carbocycles. The largest absolute Gasteiger partial charge is 0.353 e. The molecule has 6 heteroatoms. The van der Waals surface area contributed by atoms with Crippen molar-refractivity contribution in [2.75, 3.05) is 25.4 Å². The lowest BCUT2D eigenvalue weighted by Crippen LogP contribution is -2.39. The van der Waals surface area contributed by atoms with Crippen molar-refractivity contribution >= 4 is 17.7 Å². The van der Waals surface area contributed by atoms with Gasteiger partial charge in [0.05, 0.1) is 11.8 Å². The van der Waals surface area contributed by atoms with E-state index in [2.05, 4.69) is 39.5 Å². The number of aryl methyl sites for hydroxylation is 1. The van der Waals surface area contributed by atoms with Crippen molar-refractivity contribution < 1.29 is 4.79 Å². The maximum Gasteiger partial charge on any atom is 0.230 e. The average molecular weight is 373 g/mol. The van der Waals surface area contributed by atoms with Crippen LogP contribution >= 0.6 is 11.8 Å². The van der Waals surface area contributed by atoms with Gasteiger partial charge >= 0.3 is 0 Å². The molecule has 1 aliphatic rings. The fraction of sp³-hybridized carbons (Fsp3) is 0.500. The minimum absolute atomic E-state index is 0.0637. The number of imidazole rings is 1. The first-order valence-corrected chi connectivity index (χ1v) is 10.4. The topological polar surface area (TPSA) is 50.2 Å². The summed E-state index contributed by atoms with van der Waals surface area (Å²) in [6, 6.07) is 10.8. The van der Waals surface area contributed by atoms with E-state index in [0.717, 1.165) is 18.2 Å². The van der Waals surface area contributed by atoms with E-state index in [9.17, 15) is 4.79 Å². The van der Waals surface area contributed by atoms with E-state index in [-0.39, 0.29) is 11.9 Å². The van der Waals surface area contributed by atoms with E-state index >= 15 is 0 Å². The second-order valence-electron chi connectivity index (χ2n) is 6.79. The summed E-state index contributed by atoms with van der Waals surface area (Å²) in [6.45, 7) is 2.87. The van der Waals surface area contributed by atoms with Crippen molar-refractivity contribution in [2.24, 2.45) is 7.05 Å². The molecule has 1 aromatic heterocycles. The Bertz CT molecular complexity index is 680. The maximum atomic E-state index is 12.3. The van der Waals surface area contributed by atoms with Crippen LogP contribution in [0.15, 0.2) is 47.9 Å². The summed E-state index contributed by atoms with van der Waals surface area (Å²) in [5, 5.41) is 4.01. The normalized spacial score (nSPS) is 16.8. The Kier molecular flexibility index (Phi) is 7.14. The van der Waals surface area contributed by atoms with Gasteiger partial charge in [0.15, 0.2) is 5.16 Å². The fourth-order valence-corrected chi connectivity index (χ4v) is 4.18. The number of aromatic nitrogens is 2. The highest BCUT2D eigenvalue weighted by molar-refractivity contribution is 7.99. The van der Waals surface area contributed by atoms with Gasteiger partial charge in [-0.15, -0.1) is 0 Å². The molecule has 2 heterocycles. The molecule has 1 aliphatic heterocycles. The van der Waals surface area contributed by atoms with Crippen LogP contribution in [-0.4, -0.2) is 45.7 Å². The smallest absolute Gasteiger partial charge is 0.230 e. The van der Waals surface area contributed by atoms with Gasteiger partial charge in [-0.1, -0.05) is 54.9 Å². The van der Waals surface area contributed by atoms with Crippen LogP contribution < -0.4 is 5.32 Å². The molecular weight excluding hydrogens is 344 g/mol. The molecular formula is C20H28N4OS. The van der Waals surface area contributed by atoms with Gasteiger partial charge in [-0.3, -0.25) is 9.69 Å². The Morgan fingerprint density at radius 3 is 2.58 bits per heavy atom. The van der Waals surface area contributed by atoms with Crippen LogP contribution in [0.4, 0.5) is 0 Å². The molecule has 26 heavy (non-hydrogen) atoms. The number of amides is 1. The number of nitrogens with one attached hydrogen (secondary N) is 1. The number of carbonyl (C=O) groups is 1. The number of nitrogens with zero attached hydrogens (tertiary/aromatic N) is 3. The zero-order valence-electron chi connectivity index (χ0n) is 15.4. The van der Waals surface area contributed by atoms with Crippen LogP contribution in [-0.2, 0) is 11.8 Å². The van der Waals surface area contributed by atoms with E-state index in [1.807, 2.05) is 23.9 Å². The zero-order valence-corrected chi connectivity index (χ0v) is 16.3. The predicted octanol–water partition coefficient (Wildman–Crippen LogP) is 3.25. The quantitative estimate of drug-likeness (QED) is 0.758. The van der Waals surface area contributed by atoms with Crippen LogP contribution in [0.5, 0.6) is 0 Å². The van der Waals surface area contributed by atoms with Crippen LogP contribution in [0.1, 0.15) is 37.3 Å². The van der Waals surface area contributed by atoms with Gasteiger partial charge in [0.2, 0.25) is 5.91 Å². The van der Waals surface area contributed by atoms with Gasteiger partial charge in [-0.2, -0.15) is 0 Å². The first kappa shape index (κ1) is 19.0. The SMILES string of the molecule is Cn1ccnc1SCC(=O)NC[C@H](c1ccccc1)N1CCCCCC1. The van der Waals surface area contributed by atoms with Crippen molar-refractivity contribution in [2.45, 2.75) is 36.9 Å². The third-order valence-corrected chi connectivity index (χ3v) is 5.93. The summed E-state index contributed by atoms with van der Waals surface area (Å²) >= 11 is 1.47. The minimum Gasteiger partial charge on any atom is -0.353 e. The van der Waals surface area contributed by atoms with Gasteiger partial charge in [-0.05, 0) is 31.5 Å². The van der Waals surface area contributed by atoms with Crippen LogP contribution in [0.3, 0.4) is 0 Å². The van der Waals surface area contributed by atoms with E-state index in [1.165, 1.54) is 43.0 Å². The van der Waals surface area contributed by atoms with Crippen molar-refractivity contribution in [3.05, 3.63) is 48.3 Å². The lowest BCUT2D eigenvalue weighted by molar-refractivity contribution is -0.118. The number of hydrogen-bond donors (Lipinski definition) is 1. The van der Waals surface area contributed by atoms with Crippen LogP contribution in [0.2, 0.25) is 0 Å². The van der Waals surface area contributed by atoms with Gasteiger partial charge in [0.1, 0.15) is 0 Å². The highest BCUT2D eigenvalue weighted by atomic mass is 32.2. The van der Waals surface area contributed by atoms with Crippen molar-refractivity contribution in [3.8, 4) is 0 Å². The van der Waals surface area contributed by atoms with E-state index in [4.69, 9.17) is 0 Å². The van der Waals surface area contributed by atoms with E-state index < -0.39 is 0 Å². The summed E-state index contributed by atoms with van der Waals surface area (Å²) < 4.78 is 1.93. The molecule has 1 N–H and O–H groups in total. The predicted molar refractivity (Wildman–Crippen MR) is 106 cm³/mol. The number of carbonyl (C=O) groups excluding carboxylic acids is 1. The summed E-state index contributed by atoms with van der Waals surface area (Å²) in [7, 11) is 1.94. The van der Waals surface area contributed by atoms with Gasteiger partial charge in [0, 0.05) is 26.0 Å². The first-order chi connectivity index (χ1) is 12.7. The molecule has 5 nitrogen and oxygen atoms in total. The Hall–Kier alpha value is -1.79. The van der Waals surface area contributed by atoms with E-state index in [1.54, 1.807) is 6.20 Å². The average Bonchev–Trinajstić information content (AvgIpc) is 2.90. The summed E-state index contributed by atoms with van der Waals surface area (Å²) in [5.41, 5.74) is 1.28. The molecule has 1 fully saturated rings. The third-order valence-electron chi connectivity index (χ3n) is 4.87. The summed E-state index contributed by atoms with van der Waals surface area (Å²) in [6.07, 6.45) is 8.75. The molecule has 0 unspecified atom stereocenters. The number of hydrogen-bond acceptors (Lipinski definition) is 4. The maximum absolute atomic E-state index is 12.3. The first-order valence-electron chi connectivity index (χ1n) is 9.40. The highest BCUT2D eigenvalue weighted by Crippen LogP contribution is 2.24. The molecule has 1 aromatic carbocycles. The monoisotopic (exact) mass is 372 g/mol. The molecule has 0 spiro atoms. The molecule has 2 aromatic rings. The highest BCUT2D eigenvalue weighted by Gasteiger charge is 2.22. The molecule has 0 radical (unpaired) electrons. The van der Waals surface area contributed by atoms with Crippen LogP contribution in [0, 0.1) is 0 Å². The standard InChI is InChI=1S/C20H28N4OS/c1-23-14-11-21-20(23)26-16-19(25)22-15-18(17-9-5-4-6-10-17)24-12-7-2-3-8-13-24/h4-6,9-11,14,18H,2-3,7-8,12-13,15-16H2,1H3,(H,22,25)/t18-/m1/s1. The number of rotatable bonds is 7. The summed E-state index contributed by atoms with van der Waals surface area (Å²) in [4.78, 5) is 19.1.